The van der Waals surface area contributed by atoms with Crippen molar-refractivity contribution in [3.63, 3.8) is 0 Å². The summed E-state index contributed by atoms with van der Waals surface area (Å²) in [6, 6.07) is 5.50. The molecule has 1 N–H and O–H groups in total. The van der Waals surface area contributed by atoms with Crippen LogP contribution in [0.4, 0.5) is 13.2 Å². The third-order valence-electron chi connectivity index (χ3n) is 3.12. The van der Waals surface area contributed by atoms with Crippen LogP contribution in [0.3, 0.4) is 0 Å². The van der Waals surface area contributed by atoms with Crippen LogP contribution in [0.15, 0.2) is 24.3 Å². The molecule has 2 nitrogen and oxygen atoms in total. The molecule has 0 bridgehead atoms. The van der Waals surface area contributed by atoms with Gasteiger partial charge in [0.05, 0.1) is 5.56 Å². The average Bonchev–Trinajstić information content (AvgIpc) is 2.42. The van der Waals surface area contributed by atoms with Gasteiger partial charge in [0.25, 0.3) is 0 Å². The van der Waals surface area contributed by atoms with Gasteiger partial charge in [-0.05, 0) is 37.4 Å². The van der Waals surface area contributed by atoms with E-state index >= 15 is 0 Å². The first kappa shape index (κ1) is 17.0. The van der Waals surface area contributed by atoms with Crippen molar-refractivity contribution in [3.05, 3.63) is 35.4 Å². The Bertz CT molecular complexity index is 393. The van der Waals surface area contributed by atoms with Crippen molar-refractivity contribution in [1.82, 2.24) is 5.32 Å². The Morgan fingerprint density at radius 1 is 1.25 bits per heavy atom. The molecular formula is C15H22F3NO. The van der Waals surface area contributed by atoms with Gasteiger partial charge in [-0.1, -0.05) is 25.1 Å². The number of halogens is 3. The van der Waals surface area contributed by atoms with E-state index in [4.69, 9.17) is 4.74 Å². The lowest BCUT2D eigenvalue weighted by atomic mass is 9.96. The molecule has 0 radical (unpaired) electrons. The average molecular weight is 289 g/mol. The van der Waals surface area contributed by atoms with Crippen LogP contribution >= 0.6 is 0 Å². The van der Waals surface area contributed by atoms with Crippen LogP contribution in [0.5, 0.6) is 0 Å². The van der Waals surface area contributed by atoms with E-state index in [1.165, 1.54) is 6.07 Å². The van der Waals surface area contributed by atoms with Crippen LogP contribution in [0, 0.1) is 0 Å². The van der Waals surface area contributed by atoms with E-state index in [-0.39, 0.29) is 6.04 Å². The van der Waals surface area contributed by atoms with Gasteiger partial charge < -0.3 is 10.1 Å². The summed E-state index contributed by atoms with van der Waals surface area (Å²) in [6.07, 6.45) is -2.08. The molecule has 0 spiro atoms. The first-order valence-electron chi connectivity index (χ1n) is 6.89. The second-order valence-electron chi connectivity index (χ2n) is 4.73. The lowest BCUT2D eigenvalue weighted by molar-refractivity contribution is -0.138. The SMILES string of the molecule is CCCNC(CCCOC)c1ccccc1C(F)(F)F. The third-order valence-corrected chi connectivity index (χ3v) is 3.12. The Morgan fingerprint density at radius 3 is 2.55 bits per heavy atom. The predicted octanol–water partition coefficient (Wildman–Crippen LogP) is 4.17. The highest BCUT2D eigenvalue weighted by Crippen LogP contribution is 2.35. The monoisotopic (exact) mass is 289 g/mol. The summed E-state index contributed by atoms with van der Waals surface area (Å²) >= 11 is 0. The lowest BCUT2D eigenvalue weighted by Crippen LogP contribution is -2.25. The first-order valence-corrected chi connectivity index (χ1v) is 6.89. The Kier molecular flexibility index (Phi) is 7.02. The van der Waals surface area contributed by atoms with Crippen molar-refractivity contribution >= 4 is 0 Å². The van der Waals surface area contributed by atoms with E-state index in [2.05, 4.69) is 5.32 Å². The molecule has 0 amide bonds. The molecule has 0 aromatic heterocycles. The van der Waals surface area contributed by atoms with Crippen molar-refractivity contribution in [2.45, 2.75) is 38.4 Å². The molecule has 0 aliphatic heterocycles. The zero-order valence-corrected chi connectivity index (χ0v) is 12.0. The van der Waals surface area contributed by atoms with Crippen molar-refractivity contribution in [1.29, 1.82) is 0 Å². The number of alkyl halides is 3. The Labute approximate surface area is 118 Å². The van der Waals surface area contributed by atoms with Crippen LogP contribution in [0.1, 0.15) is 43.4 Å². The maximum atomic E-state index is 13.1. The topological polar surface area (TPSA) is 21.3 Å². The lowest BCUT2D eigenvalue weighted by Gasteiger charge is -2.23. The second kappa shape index (κ2) is 8.27. The normalized spacial score (nSPS) is 13.4. The summed E-state index contributed by atoms with van der Waals surface area (Å²) in [5, 5.41) is 3.20. The largest absolute Gasteiger partial charge is 0.416 e. The fourth-order valence-corrected chi connectivity index (χ4v) is 2.18. The highest BCUT2D eigenvalue weighted by molar-refractivity contribution is 5.32. The Morgan fingerprint density at radius 2 is 1.95 bits per heavy atom. The molecule has 20 heavy (non-hydrogen) atoms. The smallest absolute Gasteiger partial charge is 0.385 e. The minimum absolute atomic E-state index is 0.289. The van der Waals surface area contributed by atoms with Gasteiger partial charge in [0.1, 0.15) is 0 Å². The number of ether oxygens (including phenoxy) is 1. The predicted molar refractivity (Wildman–Crippen MR) is 73.6 cm³/mol. The molecule has 0 fully saturated rings. The minimum atomic E-state index is -4.32. The molecule has 5 heteroatoms. The van der Waals surface area contributed by atoms with E-state index in [0.717, 1.165) is 18.9 Å². The molecule has 1 rings (SSSR count). The zero-order valence-electron chi connectivity index (χ0n) is 12.0. The van der Waals surface area contributed by atoms with Crippen LogP contribution in [-0.4, -0.2) is 20.3 Å². The van der Waals surface area contributed by atoms with Crippen molar-refractivity contribution in [3.8, 4) is 0 Å². The summed E-state index contributed by atoms with van der Waals surface area (Å²) in [4.78, 5) is 0. The first-order chi connectivity index (χ1) is 9.50. The number of benzene rings is 1. The molecule has 1 aromatic rings. The Hall–Kier alpha value is -1.07. The molecule has 0 saturated carbocycles. The maximum Gasteiger partial charge on any atom is 0.416 e. The van der Waals surface area contributed by atoms with E-state index in [9.17, 15) is 13.2 Å². The molecule has 0 heterocycles. The molecule has 1 atom stereocenters. The van der Waals surface area contributed by atoms with E-state index in [1.54, 1.807) is 19.2 Å². The van der Waals surface area contributed by atoms with Crippen LogP contribution in [-0.2, 0) is 10.9 Å². The second-order valence-corrected chi connectivity index (χ2v) is 4.73. The van der Waals surface area contributed by atoms with Crippen LogP contribution in [0.2, 0.25) is 0 Å². The molecular weight excluding hydrogens is 267 g/mol. The molecule has 1 aromatic carbocycles. The highest BCUT2D eigenvalue weighted by Gasteiger charge is 2.34. The highest BCUT2D eigenvalue weighted by atomic mass is 19.4. The molecule has 0 aliphatic rings. The standard InChI is InChI=1S/C15H22F3NO/c1-3-10-19-14(9-6-11-20-2)12-7-4-5-8-13(12)15(16,17)18/h4-5,7-8,14,19H,3,6,9-11H2,1-2H3. The van der Waals surface area contributed by atoms with Crippen molar-refractivity contribution < 1.29 is 17.9 Å². The van der Waals surface area contributed by atoms with Gasteiger partial charge in [0.2, 0.25) is 0 Å². The molecule has 0 saturated heterocycles. The van der Waals surface area contributed by atoms with Gasteiger partial charge in [-0.15, -0.1) is 0 Å². The number of methoxy groups -OCH3 is 1. The summed E-state index contributed by atoms with van der Waals surface area (Å²) < 4.78 is 44.2. The van der Waals surface area contributed by atoms with E-state index in [1.807, 2.05) is 6.92 Å². The van der Waals surface area contributed by atoms with Gasteiger partial charge in [-0.3, -0.25) is 0 Å². The van der Waals surface area contributed by atoms with Gasteiger partial charge in [-0.2, -0.15) is 13.2 Å². The number of nitrogens with one attached hydrogen (secondary N) is 1. The van der Waals surface area contributed by atoms with Gasteiger partial charge >= 0.3 is 6.18 Å². The summed E-state index contributed by atoms with van der Waals surface area (Å²) in [5.41, 5.74) is -0.226. The number of hydrogen-bond donors (Lipinski definition) is 1. The fourth-order valence-electron chi connectivity index (χ4n) is 2.18. The summed E-state index contributed by atoms with van der Waals surface area (Å²) in [6.45, 7) is 3.25. The molecule has 0 aliphatic carbocycles. The third kappa shape index (κ3) is 5.13. The van der Waals surface area contributed by atoms with Crippen LogP contribution < -0.4 is 5.32 Å². The van der Waals surface area contributed by atoms with E-state index < -0.39 is 11.7 Å². The number of rotatable bonds is 8. The Balaban J connectivity index is 2.94. The zero-order chi connectivity index (χ0) is 15.0. The fraction of sp³-hybridized carbons (Fsp3) is 0.600. The van der Waals surface area contributed by atoms with Gasteiger partial charge in [-0.25, -0.2) is 0 Å². The summed E-state index contributed by atoms with van der Waals surface area (Å²) in [7, 11) is 1.60. The van der Waals surface area contributed by atoms with Crippen LogP contribution in [0.25, 0.3) is 0 Å². The van der Waals surface area contributed by atoms with Crippen molar-refractivity contribution in [2.24, 2.45) is 0 Å². The van der Waals surface area contributed by atoms with Gasteiger partial charge in [0, 0.05) is 19.8 Å². The molecule has 1 unspecified atom stereocenters. The molecule has 114 valence electrons. The maximum absolute atomic E-state index is 13.1. The van der Waals surface area contributed by atoms with Gasteiger partial charge in [0.15, 0.2) is 0 Å². The minimum Gasteiger partial charge on any atom is -0.385 e. The van der Waals surface area contributed by atoms with Crippen molar-refractivity contribution in [2.75, 3.05) is 20.3 Å². The quantitative estimate of drug-likeness (QED) is 0.725. The van der Waals surface area contributed by atoms with E-state index in [0.29, 0.717) is 25.1 Å². The number of hydrogen-bond acceptors (Lipinski definition) is 2. The summed E-state index contributed by atoms with van der Waals surface area (Å²) in [5.74, 6) is 0.